The second-order valence-corrected chi connectivity index (χ2v) is 6.57. The lowest BCUT2D eigenvalue weighted by molar-refractivity contribution is 0.0639. The number of nitrogens with zero attached hydrogens (tertiary/aromatic N) is 5. The molecule has 11 heteroatoms. The number of carbonyl (C=O) groups is 1. The predicted molar refractivity (Wildman–Crippen MR) is 91.8 cm³/mol. The number of aromatic amines is 1. The van der Waals surface area contributed by atoms with Gasteiger partial charge in [-0.25, -0.2) is 27.7 Å². The van der Waals surface area contributed by atoms with Gasteiger partial charge in [0.1, 0.15) is 11.9 Å². The highest BCUT2D eigenvalue weighted by atomic mass is 19.3. The van der Waals surface area contributed by atoms with Crippen molar-refractivity contribution in [3.05, 3.63) is 71.5 Å². The highest BCUT2D eigenvalue weighted by Crippen LogP contribution is 2.35. The monoisotopic (exact) mass is 402 g/mol. The molecule has 1 atom stereocenters. The Morgan fingerprint density at radius 3 is 3.00 bits per heavy atom. The molecule has 1 N–H and O–H groups in total. The van der Waals surface area contributed by atoms with Crippen LogP contribution in [0.4, 0.5) is 13.2 Å². The number of alkyl halides is 2. The Labute approximate surface area is 161 Å². The van der Waals surface area contributed by atoms with Gasteiger partial charge < -0.3 is 14.3 Å². The summed E-state index contributed by atoms with van der Waals surface area (Å²) in [5, 5.41) is 4.44. The van der Waals surface area contributed by atoms with Crippen molar-refractivity contribution >= 4 is 11.4 Å². The van der Waals surface area contributed by atoms with Crippen LogP contribution in [0.2, 0.25) is 0 Å². The van der Waals surface area contributed by atoms with Gasteiger partial charge >= 0.3 is 0 Å². The van der Waals surface area contributed by atoms with Crippen LogP contribution in [0.15, 0.2) is 41.5 Å². The van der Waals surface area contributed by atoms with E-state index in [0.29, 0.717) is 23.3 Å². The molecule has 0 radical (unpaired) electrons. The van der Waals surface area contributed by atoms with Crippen molar-refractivity contribution in [3.8, 4) is 0 Å². The number of amides is 1. The number of halogens is 3. The molecule has 4 aromatic rings. The maximum absolute atomic E-state index is 13.6. The highest BCUT2D eigenvalue weighted by Gasteiger charge is 2.39. The number of oxazole rings is 1. The van der Waals surface area contributed by atoms with Crippen LogP contribution in [0.3, 0.4) is 0 Å². The van der Waals surface area contributed by atoms with Crippen molar-refractivity contribution in [2.45, 2.75) is 18.9 Å². The molecule has 0 unspecified atom stereocenters. The summed E-state index contributed by atoms with van der Waals surface area (Å²) in [7, 11) is 0. The maximum atomic E-state index is 13.6. The second kappa shape index (κ2) is 6.47. The van der Waals surface area contributed by atoms with Crippen LogP contribution in [0.1, 0.15) is 45.8 Å². The van der Waals surface area contributed by atoms with Crippen LogP contribution >= 0.6 is 0 Å². The van der Waals surface area contributed by atoms with E-state index in [1.165, 1.54) is 34.1 Å². The topological polar surface area (TPSA) is 92.3 Å². The Balaban J connectivity index is 1.62. The molecular formula is C18H13F3N6O2. The first kappa shape index (κ1) is 17.5. The van der Waals surface area contributed by atoms with Gasteiger partial charge in [-0.1, -0.05) is 0 Å². The van der Waals surface area contributed by atoms with E-state index in [1.54, 1.807) is 6.07 Å². The van der Waals surface area contributed by atoms with E-state index in [-0.39, 0.29) is 6.54 Å². The average Bonchev–Trinajstić information content (AvgIpc) is 3.43. The smallest absolute Gasteiger partial charge is 0.292 e. The zero-order valence-corrected chi connectivity index (χ0v) is 14.7. The summed E-state index contributed by atoms with van der Waals surface area (Å²) in [5.41, 5.74) is 1.57. The second-order valence-electron chi connectivity index (χ2n) is 6.57. The number of fused-ring (bicyclic) bond motifs is 2. The summed E-state index contributed by atoms with van der Waals surface area (Å²) in [6, 6.07) is 3.45. The summed E-state index contributed by atoms with van der Waals surface area (Å²) in [6.07, 6.45) is 1.29. The van der Waals surface area contributed by atoms with Crippen LogP contribution < -0.4 is 0 Å². The van der Waals surface area contributed by atoms with Crippen LogP contribution in [0.25, 0.3) is 5.52 Å². The molecule has 0 saturated carbocycles. The molecule has 4 aromatic heterocycles. The lowest BCUT2D eigenvalue weighted by atomic mass is 9.99. The molecule has 0 spiro atoms. The summed E-state index contributed by atoms with van der Waals surface area (Å²) < 4.78 is 46.5. The van der Waals surface area contributed by atoms with Gasteiger partial charge in [-0.15, -0.1) is 0 Å². The van der Waals surface area contributed by atoms with E-state index in [4.69, 9.17) is 4.42 Å². The quantitative estimate of drug-likeness (QED) is 0.569. The number of pyridine rings is 1. The van der Waals surface area contributed by atoms with Crippen LogP contribution in [-0.2, 0) is 6.42 Å². The molecule has 0 aromatic carbocycles. The van der Waals surface area contributed by atoms with E-state index in [0.717, 1.165) is 12.1 Å². The third-order valence-corrected chi connectivity index (χ3v) is 4.91. The molecule has 0 bridgehead atoms. The van der Waals surface area contributed by atoms with E-state index < -0.39 is 35.6 Å². The number of aromatic nitrogens is 5. The number of hydrogen-bond donors (Lipinski definition) is 1. The Bertz CT molecular complexity index is 1210. The number of carbonyl (C=O) groups excluding carboxylic acids is 1. The van der Waals surface area contributed by atoms with Crippen molar-refractivity contribution in [2.24, 2.45) is 0 Å². The number of hydrogen-bond acceptors (Lipinski definition) is 5. The number of H-pyrrole nitrogens is 1. The van der Waals surface area contributed by atoms with E-state index in [2.05, 4.69) is 20.1 Å². The molecule has 29 heavy (non-hydrogen) atoms. The van der Waals surface area contributed by atoms with Gasteiger partial charge in [-0.05, 0) is 18.2 Å². The molecule has 8 nitrogen and oxygen atoms in total. The van der Waals surface area contributed by atoms with Crippen molar-refractivity contribution in [1.29, 1.82) is 0 Å². The normalized spacial score (nSPS) is 16.6. The lowest BCUT2D eigenvalue weighted by Gasteiger charge is -2.33. The zero-order chi connectivity index (χ0) is 20.1. The van der Waals surface area contributed by atoms with Crippen LogP contribution in [0.5, 0.6) is 0 Å². The van der Waals surface area contributed by atoms with Crippen molar-refractivity contribution in [3.63, 3.8) is 0 Å². The number of rotatable bonds is 3. The standard InChI is InChI=1S/C18H13F3N6O2/c19-9-1-4-27-10(5-9)6-12(25-27)15-13-11(22-7-23-13)2-3-26(15)18(28)16-14(17(20)21)24-8-29-16/h1,4-8,15,17H,2-3H2,(H,22,23)/t15-/m1/s1. The van der Waals surface area contributed by atoms with E-state index in [9.17, 15) is 18.0 Å². The molecule has 0 saturated heterocycles. The first-order chi connectivity index (χ1) is 14.0. The van der Waals surface area contributed by atoms with Crippen LogP contribution in [-0.4, -0.2) is 41.9 Å². The molecule has 5 heterocycles. The minimum Gasteiger partial charge on any atom is -0.438 e. The van der Waals surface area contributed by atoms with Gasteiger partial charge in [0.15, 0.2) is 12.1 Å². The average molecular weight is 402 g/mol. The fourth-order valence-electron chi connectivity index (χ4n) is 3.62. The lowest BCUT2D eigenvalue weighted by Crippen LogP contribution is -2.41. The minimum absolute atomic E-state index is 0.226. The molecule has 1 aliphatic heterocycles. The molecule has 0 aliphatic carbocycles. The molecule has 0 fully saturated rings. The fraction of sp³-hybridized carbons (Fsp3) is 0.222. The van der Waals surface area contributed by atoms with Gasteiger partial charge in [0.2, 0.25) is 5.76 Å². The largest absolute Gasteiger partial charge is 0.438 e. The zero-order valence-electron chi connectivity index (χ0n) is 14.7. The number of imidazole rings is 1. The SMILES string of the molecule is O=C(c1ocnc1C(F)F)N1CCc2[nH]cnc2[C@H]1c1cc2cc(F)ccn2n1. The molecule has 1 amide bonds. The molecule has 5 rings (SSSR count). The predicted octanol–water partition coefficient (Wildman–Crippen LogP) is 2.91. The summed E-state index contributed by atoms with van der Waals surface area (Å²) in [4.78, 5) is 25.3. The van der Waals surface area contributed by atoms with Crippen molar-refractivity contribution < 1.29 is 22.4 Å². The minimum atomic E-state index is -2.95. The highest BCUT2D eigenvalue weighted by molar-refractivity contribution is 5.93. The van der Waals surface area contributed by atoms with Crippen LogP contribution in [0, 0.1) is 5.82 Å². The number of nitrogens with one attached hydrogen (secondary N) is 1. The Hall–Kier alpha value is -3.63. The van der Waals surface area contributed by atoms with Gasteiger partial charge in [0.05, 0.1) is 23.2 Å². The van der Waals surface area contributed by atoms with Gasteiger partial charge in [0, 0.05) is 24.9 Å². The van der Waals surface area contributed by atoms with Crippen molar-refractivity contribution in [1.82, 2.24) is 29.5 Å². The van der Waals surface area contributed by atoms with Gasteiger partial charge in [-0.2, -0.15) is 5.10 Å². The molecular weight excluding hydrogens is 389 g/mol. The summed E-state index contributed by atoms with van der Waals surface area (Å²) in [6.45, 7) is 0.226. The van der Waals surface area contributed by atoms with Gasteiger partial charge in [-0.3, -0.25) is 4.79 Å². The van der Waals surface area contributed by atoms with E-state index in [1.807, 2.05) is 0 Å². The van der Waals surface area contributed by atoms with Gasteiger partial charge in [0.25, 0.3) is 12.3 Å². The van der Waals surface area contributed by atoms with Crippen molar-refractivity contribution in [2.75, 3.05) is 6.54 Å². The molecule has 1 aliphatic rings. The first-order valence-electron chi connectivity index (χ1n) is 8.72. The maximum Gasteiger partial charge on any atom is 0.292 e. The summed E-state index contributed by atoms with van der Waals surface area (Å²) in [5.74, 6) is -1.68. The molecule has 148 valence electrons. The fourth-order valence-corrected chi connectivity index (χ4v) is 3.62. The summed E-state index contributed by atoms with van der Waals surface area (Å²) >= 11 is 0. The first-order valence-corrected chi connectivity index (χ1v) is 8.72. The third kappa shape index (κ3) is 2.77. The third-order valence-electron chi connectivity index (χ3n) is 4.91. The Morgan fingerprint density at radius 2 is 2.17 bits per heavy atom. The Kier molecular flexibility index (Phi) is 3.89. The van der Waals surface area contributed by atoms with E-state index >= 15 is 0 Å². The Morgan fingerprint density at radius 1 is 1.31 bits per heavy atom.